The molecule has 8 heteroatoms. The summed E-state index contributed by atoms with van der Waals surface area (Å²) in [5.74, 6) is -0.712. The molecular weight excluding hydrogens is 280 g/mol. The van der Waals surface area contributed by atoms with Gasteiger partial charge in [0.2, 0.25) is 5.91 Å². The Bertz CT molecular complexity index is 606. The number of amides is 1. The average Bonchev–Trinajstić information content (AvgIpc) is 2.99. The third-order valence-corrected chi connectivity index (χ3v) is 3.35. The average molecular weight is 294 g/mol. The van der Waals surface area contributed by atoms with Gasteiger partial charge in [0.15, 0.2) is 0 Å². The Morgan fingerprint density at radius 2 is 2.30 bits per heavy atom. The smallest absolute Gasteiger partial charge is 0.341 e. The molecule has 0 saturated heterocycles. The van der Waals surface area contributed by atoms with Crippen LogP contribution in [0.25, 0.3) is 0 Å². The number of ether oxygens (including phenoxy) is 1. The van der Waals surface area contributed by atoms with Crippen molar-refractivity contribution in [3.63, 3.8) is 0 Å². The zero-order chi connectivity index (χ0) is 14.5. The van der Waals surface area contributed by atoms with Gasteiger partial charge in [-0.15, -0.1) is 16.4 Å². The second kappa shape index (κ2) is 6.29. The largest absolute Gasteiger partial charge is 0.462 e. The van der Waals surface area contributed by atoms with Crippen LogP contribution in [-0.4, -0.2) is 33.5 Å². The zero-order valence-electron chi connectivity index (χ0n) is 11.1. The molecule has 0 radical (unpaired) electrons. The molecule has 1 N–H and O–H groups in total. The highest BCUT2D eigenvalue weighted by Crippen LogP contribution is 2.28. The summed E-state index contributed by atoms with van der Waals surface area (Å²) in [6, 6.07) is 1.70. The molecule has 106 valence electrons. The Kier molecular flexibility index (Phi) is 4.46. The van der Waals surface area contributed by atoms with Gasteiger partial charge in [0.25, 0.3) is 0 Å². The van der Waals surface area contributed by atoms with Crippen LogP contribution in [0.4, 0.5) is 5.00 Å². The molecule has 1 amide bonds. The molecule has 0 atom stereocenters. The number of anilines is 1. The topological polar surface area (TPSA) is 86.1 Å². The molecule has 0 aliphatic carbocycles. The minimum absolute atomic E-state index is 0.0409. The Morgan fingerprint density at radius 3 is 2.95 bits per heavy atom. The summed E-state index contributed by atoms with van der Waals surface area (Å²) >= 11 is 1.33. The fourth-order valence-electron chi connectivity index (χ4n) is 1.60. The Hall–Kier alpha value is -2.22. The van der Waals surface area contributed by atoms with Crippen molar-refractivity contribution >= 4 is 28.2 Å². The number of aromatic nitrogens is 3. The first-order chi connectivity index (χ1) is 9.60. The second-order valence-corrected chi connectivity index (χ2v) is 5.23. The number of thiophene rings is 1. The monoisotopic (exact) mass is 294 g/mol. The third kappa shape index (κ3) is 3.41. The predicted molar refractivity (Wildman–Crippen MR) is 73.7 cm³/mol. The van der Waals surface area contributed by atoms with Crippen LogP contribution in [0.2, 0.25) is 0 Å². The van der Waals surface area contributed by atoms with Gasteiger partial charge in [-0.25, -0.2) is 9.48 Å². The molecule has 7 nitrogen and oxygen atoms in total. The number of carbonyl (C=O) groups is 2. The van der Waals surface area contributed by atoms with Crippen molar-refractivity contribution in [3.8, 4) is 0 Å². The number of rotatable bonds is 5. The number of hydrogen-bond donors (Lipinski definition) is 1. The maximum atomic E-state index is 11.9. The normalized spacial score (nSPS) is 10.3. The molecule has 0 aromatic carbocycles. The summed E-state index contributed by atoms with van der Waals surface area (Å²) in [7, 11) is 0. The lowest BCUT2D eigenvalue weighted by Gasteiger charge is -2.05. The Morgan fingerprint density at radius 1 is 1.50 bits per heavy atom. The van der Waals surface area contributed by atoms with E-state index < -0.39 is 5.97 Å². The summed E-state index contributed by atoms with van der Waals surface area (Å²) in [6.07, 6.45) is 3.08. The molecule has 2 heterocycles. The maximum absolute atomic E-state index is 11.9. The van der Waals surface area contributed by atoms with E-state index in [9.17, 15) is 9.59 Å². The molecule has 0 aliphatic rings. The highest BCUT2D eigenvalue weighted by molar-refractivity contribution is 7.16. The van der Waals surface area contributed by atoms with Gasteiger partial charge in [0.05, 0.1) is 18.4 Å². The summed E-state index contributed by atoms with van der Waals surface area (Å²) in [4.78, 5) is 24.6. The third-order valence-electron chi connectivity index (χ3n) is 2.38. The quantitative estimate of drug-likeness (QED) is 0.844. The van der Waals surface area contributed by atoms with E-state index in [-0.39, 0.29) is 12.5 Å². The van der Waals surface area contributed by atoms with Gasteiger partial charge in [-0.1, -0.05) is 5.21 Å². The number of esters is 1. The van der Waals surface area contributed by atoms with Gasteiger partial charge in [-0.3, -0.25) is 4.79 Å². The van der Waals surface area contributed by atoms with E-state index in [1.54, 1.807) is 19.2 Å². The number of nitrogens with one attached hydrogen (secondary N) is 1. The summed E-state index contributed by atoms with van der Waals surface area (Å²) in [6.45, 7) is 3.93. The molecular formula is C12H14N4O3S. The van der Waals surface area contributed by atoms with Crippen LogP contribution in [0, 0.1) is 6.92 Å². The van der Waals surface area contributed by atoms with Crippen molar-refractivity contribution in [2.75, 3.05) is 11.9 Å². The van der Waals surface area contributed by atoms with Gasteiger partial charge in [-0.2, -0.15) is 0 Å². The van der Waals surface area contributed by atoms with Crippen LogP contribution < -0.4 is 5.32 Å². The SMILES string of the molecule is CCOC(=O)c1cc(C)sc1NC(=O)Cn1ccnn1. The number of nitrogens with zero attached hydrogens (tertiary/aromatic N) is 3. The molecule has 0 unspecified atom stereocenters. The molecule has 0 saturated carbocycles. The first kappa shape index (κ1) is 14.2. The minimum atomic E-state index is -0.437. The molecule has 2 aromatic rings. The molecule has 0 fully saturated rings. The fourth-order valence-corrected chi connectivity index (χ4v) is 2.51. The highest BCUT2D eigenvalue weighted by Gasteiger charge is 2.18. The minimum Gasteiger partial charge on any atom is -0.462 e. The first-order valence-electron chi connectivity index (χ1n) is 6.01. The van der Waals surface area contributed by atoms with Gasteiger partial charge < -0.3 is 10.1 Å². The molecule has 2 aromatic heterocycles. The van der Waals surface area contributed by atoms with Crippen LogP contribution in [-0.2, 0) is 16.1 Å². The number of aryl methyl sites for hydroxylation is 1. The summed E-state index contributed by atoms with van der Waals surface area (Å²) < 4.78 is 6.36. The summed E-state index contributed by atoms with van der Waals surface area (Å²) in [5.41, 5.74) is 0.376. The van der Waals surface area contributed by atoms with E-state index in [1.807, 2.05) is 6.92 Å². The van der Waals surface area contributed by atoms with E-state index >= 15 is 0 Å². The van der Waals surface area contributed by atoms with Crippen molar-refractivity contribution < 1.29 is 14.3 Å². The highest BCUT2D eigenvalue weighted by atomic mass is 32.1. The second-order valence-electron chi connectivity index (χ2n) is 3.97. The molecule has 0 bridgehead atoms. The van der Waals surface area contributed by atoms with Crippen LogP contribution in [0.5, 0.6) is 0 Å². The lowest BCUT2D eigenvalue weighted by molar-refractivity contribution is -0.116. The van der Waals surface area contributed by atoms with Crippen molar-refractivity contribution in [2.45, 2.75) is 20.4 Å². The van der Waals surface area contributed by atoms with E-state index in [0.29, 0.717) is 17.2 Å². The molecule has 0 aliphatic heterocycles. The van der Waals surface area contributed by atoms with Crippen LogP contribution in [0.3, 0.4) is 0 Å². The fraction of sp³-hybridized carbons (Fsp3) is 0.333. The van der Waals surface area contributed by atoms with Crippen LogP contribution in [0.15, 0.2) is 18.5 Å². The van der Waals surface area contributed by atoms with Crippen molar-refractivity contribution in [1.82, 2.24) is 15.0 Å². The lowest BCUT2D eigenvalue weighted by Crippen LogP contribution is -2.20. The number of hydrogen-bond acceptors (Lipinski definition) is 6. The van der Waals surface area contributed by atoms with Gasteiger partial charge in [0.1, 0.15) is 11.5 Å². The van der Waals surface area contributed by atoms with Gasteiger partial charge in [0, 0.05) is 11.1 Å². The first-order valence-corrected chi connectivity index (χ1v) is 6.83. The van der Waals surface area contributed by atoms with E-state index in [2.05, 4.69) is 15.6 Å². The van der Waals surface area contributed by atoms with E-state index in [1.165, 1.54) is 22.2 Å². The van der Waals surface area contributed by atoms with Gasteiger partial charge >= 0.3 is 5.97 Å². The van der Waals surface area contributed by atoms with Gasteiger partial charge in [-0.05, 0) is 19.9 Å². The zero-order valence-corrected chi connectivity index (χ0v) is 11.9. The Labute approximate surface area is 119 Å². The predicted octanol–water partition coefficient (Wildman–Crippen LogP) is 1.46. The van der Waals surface area contributed by atoms with E-state index in [4.69, 9.17) is 4.74 Å². The van der Waals surface area contributed by atoms with Crippen LogP contribution in [0.1, 0.15) is 22.2 Å². The van der Waals surface area contributed by atoms with E-state index in [0.717, 1.165) is 4.88 Å². The molecule has 2 rings (SSSR count). The maximum Gasteiger partial charge on any atom is 0.341 e. The van der Waals surface area contributed by atoms with Crippen molar-refractivity contribution in [2.24, 2.45) is 0 Å². The Balaban J connectivity index is 2.08. The van der Waals surface area contributed by atoms with Crippen LogP contribution >= 0.6 is 11.3 Å². The van der Waals surface area contributed by atoms with Crippen molar-refractivity contribution in [3.05, 3.63) is 28.9 Å². The summed E-state index contributed by atoms with van der Waals surface area (Å²) in [5, 5.41) is 10.5. The van der Waals surface area contributed by atoms with Crippen molar-refractivity contribution in [1.29, 1.82) is 0 Å². The molecule has 20 heavy (non-hydrogen) atoms. The standard InChI is InChI=1S/C12H14N4O3S/c1-3-19-12(18)9-6-8(2)20-11(9)14-10(17)7-16-5-4-13-15-16/h4-6H,3,7H2,1-2H3,(H,14,17). The number of carbonyl (C=O) groups excluding carboxylic acids is 2. The lowest BCUT2D eigenvalue weighted by atomic mass is 10.3. The molecule has 0 spiro atoms.